The molecule has 9 nitrogen and oxygen atoms in total. The average molecular weight is 554 g/mol. The van der Waals surface area contributed by atoms with Crippen molar-refractivity contribution in [1.82, 2.24) is 10.2 Å². The molecule has 9 atom stereocenters. The van der Waals surface area contributed by atoms with E-state index >= 15 is 0 Å². The van der Waals surface area contributed by atoms with E-state index in [0.717, 1.165) is 77.3 Å². The van der Waals surface area contributed by atoms with Crippen LogP contribution in [-0.2, 0) is 19.1 Å². The molecule has 0 bridgehead atoms. The number of aliphatic hydroxyl groups excluding tert-OH is 2. The van der Waals surface area contributed by atoms with E-state index < -0.39 is 12.2 Å². The maximum absolute atomic E-state index is 12.9. The second-order valence-electron chi connectivity index (χ2n) is 12.6. The molecule has 9 heteroatoms. The number of rotatable bonds is 15. The molecule has 2 aliphatic heterocycles. The third-order valence-electron chi connectivity index (χ3n) is 9.24. The second-order valence-corrected chi connectivity index (χ2v) is 12.6. The highest BCUT2D eigenvalue weighted by Crippen LogP contribution is 2.37. The molecule has 0 spiro atoms. The van der Waals surface area contributed by atoms with E-state index in [4.69, 9.17) is 15.2 Å². The Morgan fingerprint density at radius 3 is 2.67 bits per heavy atom. The number of hydrogen-bond donors (Lipinski definition) is 4. The monoisotopic (exact) mass is 553 g/mol. The number of ether oxygens (including phenoxy) is 2. The van der Waals surface area contributed by atoms with Crippen LogP contribution in [0.3, 0.4) is 0 Å². The number of esters is 1. The van der Waals surface area contributed by atoms with Gasteiger partial charge in [0.05, 0.1) is 24.5 Å². The normalized spacial score (nSPS) is 33.2. The van der Waals surface area contributed by atoms with Crippen molar-refractivity contribution >= 4 is 11.9 Å². The number of nitrogens with one attached hydrogen (secondary N) is 1. The fourth-order valence-corrected chi connectivity index (χ4v) is 7.21. The third-order valence-corrected chi connectivity index (χ3v) is 9.24. The van der Waals surface area contributed by atoms with Crippen molar-refractivity contribution in [2.45, 2.75) is 128 Å². The quantitative estimate of drug-likeness (QED) is 0.180. The molecule has 3 fully saturated rings. The summed E-state index contributed by atoms with van der Waals surface area (Å²) in [7, 11) is 1.64. The molecule has 5 N–H and O–H groups in total. The van der Waals surface area contributed by atoms with Crippen LogP contribution in [0.25, 0.3) is 0 Å². The van der Waals surface area contributed by atoms with Gasteiger partial charge in [0.15, 0.2) is 0 Å². The summed E-state index contributed by atoms with van der Waals surface area (Å²) in [5.74, 6) is 1.04. The highest BCUT2D eigenvalue weighted by atomic mass is 16.5. The lowest BCUT2D eigenvalue weighted by Crippen LogP contribution is -2.47. The molecule has 0 aromatic rings. The summed E-state index contributed by atoms with van der Waals surface area (Å²) in [6.45, 7) is 5.82. The summed E-state index contributed by atoms with van der Waals surface area (Å²) in [4.78, 5) is 26.6. The van der Waals surface area contributed by atoms with E-state index in [1.54, 1.807) is 7.11 Å². The van der Waals surface area contributed by atoms with Crippen molar-refractivity contribution in [3.63, 3.8) is 0 Å². The number of likely N-dealkylation sites (tertiary alicyclic amines) is 1. The Kier molecular flexibility index (Phi) is 13.4. The lowest BCUT2D eigenvalue weighted by Gasteiger charge is -2.40. The van der Waals surface area contributed by atoms with E-state index in [1.165, 1.54) is 6.92 Å². The minimum Gasteiger partial charge on any atom is -0.462 e. The number of unbranched alkanes of at least 4 members (excludes halogenated alkanes) is 2. The maximum Gasteiger partial charge on any atom is 0.302 e. The Balaban J connectivity index is 1.52. The van der Waals surface area contributed by atoms with Crippen molar-refractivity contribution in [2.24, 2.45) is 29.4 Å². The van der Waals surface area contributed by atoms with Crippen LogP contribution in [0.5, 0.6) is 0 Å². The average Bonchev–Trinajstić information content (AvgIpc) is 3.22. The summed E-state index contributed by atoms with van der Waals surface area (Å²) in [6, 6.07) is 0. The number of methoxy groups -OCH3 is 1. The molecule has 3 aliphatic rings. The van der Waals surface area contributed by atoms with Crippen LogP contribution in [0, 0.1) is 23.7 Å². The molecule has 0 aromatic carbocycles. The van der Waals surface area contributed by atoms with Crippen molar-refractivity contribution in [3.05, 3.63) is 0 Å². The van der Waals surface area contributed by atoms with Crippen LogP contribution in [-0.4, -0.2) is 84.3 Å². The number of carbonyl (C=O) groups is 2. The predicted molar refractivity (Wildman–Crippen MR) is 151 cm³/mol. The van der Waals surface area contributed by atoms with Gasteiger partial charge in [0.1, 0.15) is 6.10 Å². The molecule has 1 amide bonds. The SMILES string of the molecule is CCCCC[C@H](O)C[C@@H](CCC1CC(CN2C[C@@H](CC3CCNC(N)C3)CC2=O)C(O)C(OC)C1)OC(C)=O. The summed E-state index contributed by atoms with van der Waals surface area (Å²) < 4.78 is 11.3. The predicted octanol–water partition coefficient (Wildman–Crippen LogP) is 2.95. The van der Waals surface area contributed by atoms with E-state index in [0.29, 0.717) is 43.6 Å². The Morgan fingerprint density at radius 1 is 1.18 bits per heavy atom. The number of nitrogens with two attached hydrogens (primary N) is 1. The molecule has 0 aromatic heterocycles. The number of amides is 1. The lowest BCUT2D eigenvalue weighted by molar-refractivity contribution is -0.148. The molecule has 2 heterocycles. The van der Waals surface area contributed by atoms with E-state index in [-0.39, 0.29) is 36.2 Å². The summed E-state index contributed by atoms with van der Waals surface area (Å²) >= 11 is 0. The Labute approximate surface area is 235 Å². The van der Waals surface area contributed by atoms with Gasteiger partial charge in [-0.05, 0) is 75.7 Å². The number of hydrogen-bond acceptors (Lipinski definition) is 8. The van der Waals surface area contributed by atoms with E-state index in [9.17, 15) is 19.8 Å². The molecular weight excluding hydrogens is 498 g/mol. The molecule has 0 radical (unpaired) electrons. The first-order chi connectivity index (χ1) is 18.7. The van der Waals surface area contributed by atoms with Gasteiger partial charge in [-0.25, -0.2) is 0 Å². The van der Waals surface area contributed by atoms with Crippen LogP contribution in [0.2, 0.25) is 0 Å². The van der Waals surface area contributed by atoms with Gasteiger partial charge in [-0.1, -0.05) is 26.2 Å². The highest BCUT2D eigenvalue weighted by Gasteiger charge is 2.40. The second kappa shape index (κ2) is 16.2. The topological polar surface area (TPSA) is 134 Å². The molecule has 1 saturated carbocycles. The van der Waals surface area contributed by atoms with Gasteiger partial charge in [-0.3, -0.25) is 9.59 Å². The van der Waals surface area contributed by atoms with Gasteiger partial charge in [-0.15, -0.1) is 0 Å². The van der Waals surface area contributed by atoms with Crippen molar-refractivity contribution in [2.75, 3.05) is 26.7 Å². The van der Waals surface area contributed by atoms with Crippen LogP contribution >= 0.6 is 0 Å². The number of nitrogens with zero attached hydrogens (tertiary/aromatic N) is 1. The van der Waals surface area contributed by atoms with Crippen LogP contribution < -0.4 is 11.1 Å². The van der Waals surface area contributed by atoms with Crippen LogP contribution in [0.4, 0.5) is 0 Å². The third kappa shape index (κ3) is 10.6. The van der Waals surface area contributed by atoms with Crippen LogP contribution in [0.1, 0.15) is 97.3 Å². The largest absolute Gasteiger partial charge is 0.462 e. The van der Waals surface area contributed by atoms with Gasteiger partial charge in [-0.2, -0.15) is 0 Å². The van der Waals surface area contributed by atoms with Gasteiger partial charge < -0.3 is 35.6 Å². The Hall–Kier alpha value is -1.26. The van der Waals surface area contributed by atoms with Crippen molar-refractivity contribution < 1.29 is 29.3 Å². The first-order valence-corrected chi connectivity index (χ1v) is 15.5. The molecule has 3 rings (SSSR count). The summed E-state index contributed by atoms with van der Waals surface area (Å²) in [5, 5.41) is 24.9. The van der Waals surface area contributed by atoms with E-state index in [2.05, 4.69) is 12.2 Å². The molecule has 6 unspecified atom stereocenters. The zero-order valence-electron chi connectivity index (χ0n) is 24.6. The van der Waals surface area contributed by atoms with Gasteiger partial charge in [0.25, 0.3) is 0 Å². The molecule has 2 saturated heterocycles. The fourth-order valence-electron chi connectivity index (χ4n) is 7.21. The van der Waals surface area contributed by atoms with Gasteiger partial charge in [0, 0.05) is 45.9 Å². The zero-order valence-corrected chi connectivity index (χ0v) is 24.6. The minimum absolute atomic E-state index is 0.0458. The highest BCUT2D eigenvalue weighted by molar-refractivity contribution is 5.78. The van der Waals surface area contributed by atoms with E-state index in [1.807, 2.05) is 4.90 Å². The summed E-state index contributed by atoms with van der Waals surface area (Å²) in [5.41, 5.74) is 6.08. The number of carbonyl (C=O) groups excluding carboxylic acids is 2. The van der Waals surface area contributed by atoms with Crippen LogP contribution in [0.15, 0.2) is 0 Å². The fraction of sp³-hybridized carbons (Fsp3) is 0.933. The Morgan fingerprint density at radius 2 is 1.97 bits per heavy atom. The smallest absolute Gasteiger partial charge is 0.302 e. The minimum atomic E-state index is -0.606. The van der Waals surface area contributed by atoms with Crippen molar-refractivity contribution in [3.8, 4) is 0 Å². The first-order valence-electron chi connectivity index (χ1n) is 15.5. The molecule has 226 valence electrons. The summed E-state index contributed by atoms with van der Waals surface area (Å²) in [6.07, 6.45) is 9.51. The zero-order chi connectivity index (χ0) is 28.4. The lowest BCUT2D eigenvalue weighted by atomic mass is 9.75. The number of piperidine rings is 1. The van der Waals surface area contributed by atoms with Crippen molar-refractivity contribution in [1.29, 1.82) is 0 Å². The van der Waals surface area contributed by atoms with Gasteiger partial charge in [0.2, 0.25) is 5.91 Å². The maximum atomic E-state index is 12.9. The number of aliphatic hydroxyl groups is 2. The molecule has 39 heavy (non-hydrogen) atoms. The first kappa shape index (κ1) is 32.3. The molecular formula is C30H55N3O6. The Bertz CT molecular complexity index is 754. The van der Waals surface area contributed by atoms with Gasteiger partial charge >= 0.3 is 5.97 Å². The standard InChI is InChI=1S/C30H55N3O6/c1-4-5-6-7-25(35)17-26(39-20(2)34)9-8-21-13-24(30(37)27(14-21)38-3)19-33-18-23(16-29(33)36)12-22-10-11-32-28(31)15-22/h21-28,30,32,35,37H,4-19,31H2,1-3H3/t21?,22?,23-,24?,25-,26+,27?,28?,30?/m0/s1. The molecule has 1 aliphatic carbocycles.